The molecule has 4 N–H and O–H groups in total. The smallest absolute Gasteiger partial charge is 0.417 e. The maximum atomic E-state index is 14.4. The Kier molecular flexibility index (Phi) is 13.8. The highest BCUT2D eigenvalue weighted by Crippen LogP contribution is 2.18. The predicted molar refractivity (Wildman–Crippen MR) is 192 cm³/mol. The molecule has 0 unspecified atom stereocenters. The molecule has 0 fully saturated rings. The fourth-order valence-electron chi connectivity index (χ4n) is 5.25. The molecule has 0 aliphatic carbocycles. The maximum Gasteiger partial charge on any atom is 0.417 e. The number of carbonyl (C=O) groups is 3. The SMILES string of the molecule is N[C@@H](Cc1c[nH]cn1)C(=O)N[C@@H](Cc1ccc(OCc2ccccc2)cc1)C(=O)N(C(=O)OCc1ccccc1)[C@H]([C]=O)COCc1ccccc1. The van der Waals surface area contributed by atoms with Gasteiger partial charge in [-0.1, -0.05) is 103 Å². The molecular formula is C40H40N5O7. The normalized spacial score (nSPS) is 12.6. The van der Waals surface area contributed by atoms with Gasteiger partial charge in [-0.25, -0.2) is 14.7 Å². The minimum absolute atomic E-state index is 0.0580. The third-order valence-corrected chi connectivity index (χ3v) is 8.02. The molecule has 3 atom stereocenters. The number of nitrogens with two attached hydrogens (primary N) is 1. The Labute approximate surface area is 301 Å². The van der Waals surface area contributed by atoms with Gasteiger partial charge in [0.1, 0.15) is 31.0 Å². The number of hydrogen-bond donors (Lipinski definition) is 3. The van der Waals surface area contributed by atoms with Gasteiger partial charge in [-0.15, -0.1) is 0 Å². The first kappa shape index (κ1) is 37.2. The van der Waals surface area contributed by atoms with Crippen molar-refractivity contribution in [2.45, 2.75) is 50.8 Å². The average Bonchev–Trinajstić information content (AvgIpc) is 3.70. The van der Waals surface area contributed by atoms with E-state index in [1.165, 1.54) is 6.33 Å². The topological polar surface area (TPSA) is 166 Å². The Morgan fingerprint density at radius 1 is 0.769 bits per heavy atom. The first-order valence-corrected chi connectivity index (χ1v) is 16.7. The molecule has 0 saturated heterocycles. The van der Waals surface area contributed by atoms with Crippen LogP contribution in [0.25, 0.3) is 0 Å². The van der Waals surface area contributed by atoms with Gasteiger partial charge in [-0.2, -0.15) is 0 Å². The van der Waals surface area contributed by atoms with Gasteiger partial charge in [0.15, 0.2) is 0 Å². The lowest BCUT2D eigenvalue weighted by molar-refractivity contribution is -0.137. The number of H-pyrrole nitrogens is 1. The van der Waals surface area contributed by atoms with Gasteiger partial charge in [0.25, 0.3) is 5.91 Å². The lowest BCUT2D eigenvalue weighted by Gasteiger charge is -2.30. The Balaban J connectivity index is 1.37. The van der Waals surface area contributed by atoms with Crippen molar-refractivity contribution in [1.29, 1.82) is 0 Å². The lowest BCUT2D eigenvalue weighted by Crippen LogP contribution is -2.58. The van der Waals surface area contributed by atoms with Crippen LogP contribution in [-0.2, 0) is 56.5 Å². The number of hydrogen-bond acceptors (Lipinski definition) is 9. The summed E-state index contributed by atoms with van der Waals surface area (Å²) in [5.74, 6) is -0.967. The van der Waals surface area contributed by atoms with Crippen LogP contribution in [-0.4, -0.2) is 63.8 Å². The van der Waals surface area contributed by atoms with E-state index in [0.717, 1.165) is 11.1 Å². The summed E-state index contributed by atoms with van der Waals surface area (Å²) in [5.41, 5.74) is 9.90. The van der Waals surface area contributed by atoms with Gasteiger partial charge in [-0.3, -0.25) is 14.4 Å². The molecule has 5 rings (SSSR count). The van der Waals surface area contributed by atoms with Gasteiger partial charge in [0.2, 0.25) is 12.2 Å². The number of ether oxygens (including phenoxy) is 3. The minimum atomic E-state index is -1.50. The minimum Gasteiger partial charge on any atom is -0.489 e. The molecule has 0 spiro atoms. The van der Waals surface area contributed by atoms with Crippen molar-refractivity contribution in [1.82, 2.24) is 20.2 Å². The van der Waals surface area contributed by atoms with Crippen LogP contribution in [0, 0.1) is 0 Å². The highest BCUT2D eigenvalue weighted by molar-refractivity contribution is 5.99. The molecule has 12 heteroatoms. The number of amides is 3. The highest BCUT2D eigenvalue weighted by Gasteiger charge is 2.38. The van der Waals surface area contributed by atoms with Crippen molar-refractivity contribution in [2.75, 3.05) is 6.61 Å². The molecule has 0 aliphatic rings. The first-order valence-electron chi connectivity index (χ1n) is 16.7. The van der Waals surface area contributed by atoms with Crippen LogP contribution in [0.4, 0.5) is 4.79 Å². The summed E-state index contributed by atoms with van der Waals surface area (Å²) in [6, 6.07) is 30.9. The molecule has 3 amide bonds. The van der Waals surface area contributed by atoms with E-state index in [4.69, 9.17) is 19.9 Å². The van der Waals surface area contributed by atoms with Crippen LogP contribution in [0.2, 0.25) is 0 Å². The van der Waals surface area contributed by atoms with Crippen molar-refractivity contribution in [2.24, 2.45) is 5.73 Å². The van der Waals surface area contributed by atoms with E-state index < -0.39 is 36.0 Å². The van der Waals surface area contributed by atoms with Crippen LogP contribution in [0.15, 0.2) is 128 Å². The van der Waals surface area contributed by atoms with Gasteiger partial charge in [0.05, 0.1) is 31.3 Å². The molecule has 52 heavy (non-hydrogen) atoms. The third-order valence-electron chi connectivity index (χ3n) is 8.02. The Hall–Kier alpha value is -6.11. The number of carbonyl (C=O) groups excluding carboxylic acids is 4. The first-order chi connectivity index (χ1) is 25.4. The summed E-state index contributed by atoms with van der Waals surface area (Å²) in [5, 5.41) is 2.71. The summed E-state index contributed by atoms with van der Waals surface area (Å²) >= 11 is 0. The molecule has 0 saturated carbocycles. The molecule has 5 aromatic rings. The van der Waals surface area contributed by atoms with Crippen LogP contribution in [0.3, 0.4) is 0 Å². The van der Waals surface area contributed by atoms with E-state index >= 15 is 0 Å². The van der Waals surface area contributed by atoms with Crippen molar-refractivity contribution in [3.8, 4) is 5.75 Å². The number of aromatic amines is 1. The summed E-state index contributed by atoms with van der Waals surface area (Å²) in [6.07, 6.45) is 3.78. The third kappa shape index (κ3) is 11.2. The molecule has 1 radical (unpaired) electrons. The number of imide groups is 1. The number of nitrogens with one attached hydrogen (secondary N) is 2. The van der Waals surface area contributed by atoms with Crippen LogP contribution < -0.4 is 15.8 Å². The van der Waals surface area contributed by atoms with Crippen molar-refractivity contribution in [3.63, 3.8) is 0 Å². The van der Waals surface area contributed by atoms with E-state index in [1.807, 2.05) is 66.7 Å². The number of aromatic nitrogens is 2. The zero-order valence-electron chi connectivity index (χ0n) is 28.4. The molecule has 267 valence electrons. The number of nitrogens with zero attached hydrogens (tertiary/aromatic N) is 2. The number of imidazole rings is 1. The Morgan fingerprint density at radius 3 is 1.94 bits per heavy atom. The van der Waals surface area contributed by atoms with Gasteiger partial charge in [0, 0.05) is 19.0 Å². The molecular weight excluding hydrogens is 662 g/mol. The zero-order chi connectivity index (χ0) is 36.5. The van der Waals surface area contributed by atoms with Crippen molar-refractivity contribution < 1.29 is 33.4 Å². The van der Waals surface area contributed by atoms with E-state index in [-0.39, 0.29) is 32.7 Å². The monoisotopic (exact) mass is 702 g/mol. The molecule has 1 heterocycles. The highest BCUT2D eigenvalue weighted by atomic mass is 16.6. The Bertz CT molecular complexity index is 1840. The lowest BCUT2D eigenvalue weighted by atomic mass is 10.0. The van der Waals surface area contributed by atoms with E-state index in [1.54, 1.807) is 61.0 Å². The van der Waals surface area contributed by atoms with Crippen molar-refractivity contribution >= 4 is 24.2 Å². The molecule has 0 bridgehead atoms. The van der Waals surface area contributed by atoms with Crippen LogP contribution in [0.1, 0.15) is 27.9 Å². The maximum absolute atomic E-state index is 14.4. The summed E-state index contributed by atoms with van der Waals surface area (Å²) in [7, 11) is 0. The fourth-order valence-corrected chi connectivity index (χ4v) is 5.25. The zero-order valence-corrected chi connectivity index (χ0v) is 28.4. The number of benzene rings is 4. The van der Waals surface area contributed by atoms with Gasteiger partial charge < -0.3 is 30.2 Å². The molecule has 4 aromatic carbocycles. The van der Waals surface area contributed by atoms with Gasteiger partial charge >= 0.3 is 6.09 Å². The largest absolute Gasteiger partial charge is 0.489 e. The quantitative estimate of drug-likeness (QED) is 0.120. The summed E-state index contributed by atoms with van der Waals surface area (Å²) in [4.78, 5) is 61.6. The molecule has 0 aliphatic heterocycles. The van der Waals surface area contributed by atoms with E-state index in [9.17, 15) is 19.2 Å². The number of rotatable bonds is 18. The second-order valence-electron chi connectivity index (χ2n) is 11.9. The van der Waals surface area contributed by atoms with Crippen LogP contribution >= 0.6 is 0 Å². The predicted octanol–water partition coefficient (Wildman–Crippen LogP) is 4.45. The second kappa shape index (κ2) is 19.3. The summed E-state index contributed by atoms with van der Waals surface area (Å²) < 4.78 is 17.2. The molecule has 12 nitrogen and oxygen atoms in total. The second-order valence-corrected chi connectivity index (χ2v) is 11.9. The van der Waals surface area contributed by atoms with Crippen LogP contribution in [0.5, 0.6) is 5.75 Å². The fraction of sp³-hybridized carbons (Fsp3) is 0.225. The summed E-state index contributed by atoms with van der Waals surface area (Å²) in [6.45, 7) is -0.0600. The average molecular weight is 703 g/mol. The van der Waals surface area contributed by atoms with E-state index in [0.29, 0.717) is 34.1 Å². The Morgan fingerprint density at radius 2 is 1.37 bits per heavy atom. The standard InChI is InChI=1S/C40H40N5O7/c41-36(21-33-22-42-28-43-33)38(47)44-37(20-29-16-18-35(19-17-29)51-25-31-12-6-2-7-13-31)39(48)45(40(49)52-26-32-14-8-3-9-15-32)34(23-46)27-50-24-30-10-4-1-5-11-30/h1-19,22,28,34,36-37H,20-21,24-27,41H2,(H,42,43)(H,44,47)/t34-,36+,37+/m1/s1. The van der Waals surface area contributed by atoms with E-state index in [2.05, 4.69) is 15.3 Å². The molecule has 1 aromatic heterocycles. The van der Waals surface area contributed by atoms with Gasteiger partial charge in [-0.05, 0) is 34.4 Å². The van der Waals surface area contributed by atoms with Crippen molar-refractivity contribution in [3.05, 3.63) is 156 Å².